The van der Waals surface area contributed by atoms with Crippen LogP contribution in [-0.2, 0) is 10.0 Å². The van der Waals surface area contributed by atoms with Crippen molar-refractivity contribution in [1.82, 2.24) is 4.31 Å². The summed E-state index contributed by atoms with van der Waals surface area (Å²) in [6.07, 6.45) is 2.65. The number of rotatable bonds is 3. The van der Waals surface area contributed by atoms with Crippen LogP contribution in [0.15, 0.2) is 27.6 Å². The van der Waals surface area contributed by atoms with Crippen LogP contribution in [0.1, 0.15) is 26.2 Å². The smallest absolute Gasteiger partial charge is 0.245 e. The first-order chi connectivity index (χ1) is 9.37. The fraction of sp³-hybridized carbons (Fsp3) is 0.538. The number of piperidine rings is 1. The van der Waals surface area contributed by atoms with E-state index in [0.29, 0.717) is 6.54 Å². The van der Waals surface area contributed by atoms with Gasteiger partial charge in [-0.25, -0.2) is 8.42 Å². The molecule has 1 aromatic rings. The first-order valence-corrected chi connectivity index (χ1v) is 9.17. The van der Waals surface area contributed by atoms with Gasteiger partial charge in [0.2, 0.25) is 10.0 Å². The Morgan fingerprint density at radius 1 is 1.45 bits per heavy atom. The van der Waals surface area contributed by atoms with Crippen LogP contribution in [0.25, 0.3) is 0 Å². The minimum absolute atomic E-state index is 0.0537. The minimum atomic E-state index is -3.62. The molecule has 20 heavy (non-hydrogen) atoms. The van der Waals surface area contributed by atoms with Gasteiger partial charge in [0.05, 0.1) is 5.02 Å². The molecule has 7 heteroatoms. The summed E-state index contributed by atoms with van der Waals surface area (Å²) in [6, 6.07) is 4.62. The van der Waals surface area contributed by atoms with Crippen molar-refractivity contribution in [3.05, 3.63) is 27.7 Å². The van der Waals surface area contributed by atoms with Crippen molar-refractivity contribution >= 4 is 37.6 Å². The highest BCUT2D eigenvalue weighted by atomic mass is 79.9. The normalized spacial score (nSPS) is 24.8. The van der Waals surface area contributed by atoms with Gasteiger partial charge in [0.25, 0.3) is 0 Å². The lowest BCUT2D eigenvalue weighted by atomic mass is 10.00. The molecule has 0 aromatic heterocycles. The second-order valence-electron chi connectivity index (χ2n) is 5.08. The summed E-state index contributed by atoms with van der Waals surface area (Å²) in [6.45, 7) is 2.25. The fourth-order valence-electron chi connectivity index (χ4n) is 2.72. The largest absolute Gasteiger partial charge is 0.329 e. The molecule has 2 atom stereocenters. The Bertz CT molecular complexity index is 594. The van der Waals surface area contributed by atoms with E-state index >= 15 is 0 Å². The predicted octanol–water partition coefficient (Wildman–Crippen LogP) is 2.99. The molecule has 1 aromatic carbocycles. The Kier molecular flexibility index (Phi) is 5.13. The molecule has 0 amide bonds. The molecule has 1 fully saturated rings. The van der Waals surface area contributed by atoms with Gasteiger partial charge < -0.3 is 5.73 Å². The van der Waals surface area contributed by atoms with E-state index in [4.69, 9.17) is 17.3 Å². The molecule has 0 saturated carbocycles. The van der Waals surface area contributed by atoms with E-state index in [2.05, 4.69) is 15.9 Å². The highest BCUT2D eigenvalue weighted by Crippen LogP contribution is 2.33. The van der Waals surface area contributed by atoms with E-state index in [9.17, 15) is 8.42 Å². The summed E-state index contributed by atoms with van der Waals surface area (Å²) < 4.78 is 28.0. The van der Waals surface area contributed by atoms with E-state index in [1.54, 1.807) is 12.1 Å². The SMILES string of the molecule is CC1CCCC(CN)N1S(=O)(=O)c1ccc(Br)cc1Cl. The van der Waals surface area contributed by atoms with Crippen LogP contribution in [0.3, 0.4) is 0 Å². The standard InChI is InChI=1S/C13H18BrClN2O2S/c1-9-3-2-4-11(8-16)17(9)20(18,19)13-6-5-10(14)7-12(13)15/h5-7,9,11H,2-4,8,16H2,1H3. The van der Waals surface area contributed by atoms with Crippen molar-refractivity contribution in [1.29, 1.82) is 0 Å². The van der Waals surface area contributed by atoms with Gasteiger partial charge in [-0.2, -0.15) is 4.31 Å². The van der Waals surface area contributed by atoms with Gasteiger partial charge in [-0.1, -0.05) is 34.0 Å². The number of nitrogens with zero attached hydrogens (tertiary/aromatic N) is 1. The number of halogens is 2. The third-order valence-electron chi connectivity index (χ3n) is 3.68. The second-order valence-corrected chi connectivity index (χ2v) is 8.21. The van der Waals surface area contributed by atoms with E-state index in [0.717, 1.165) is 23.7 Å². The average molecular weight is 382 g/mol. The summed E-state index contributed by atoms with van der Waals surface area (Å²) in [5.41, 5.74) is 5.75. The van der Waals surface area contributed by atoms with Crippen LogP contribution in [0.5, 0.6) is 0 Å². The zero-order valence-electron chi connectivity index (χ0n) is 11.2. The third-order valence-corrected chi connectivity index (χ3v) is 6.72. The number of nitrogens with two attached hydrogens (primary N) is 1. The number of benzene rings is 1. The van der Waals surface area contributed by atoms with Crippen molar-refractivity contribution in [3.8, 4) is 0 Å². The number of sulfonamides is 1. The minimum Gasteiger partial charge on any atom is -0.329 e. The van der Waals surface area contributed by atoms with Crippen molar-refractivity contribution in [3.63, 3.8) is 0 Å². The lowest BCUT2D eigenvalue weighted by Gasteiger charge is -2.39. The van der Waals surface area contributed by atoms with E-state index in [1.807, 2.05) is 6.92 Å². The van der Waals surface area contributed by atoms with Gasteiger partial charge in [-0.3, -0.25) is 0 Å². The van der Waals surface area contributed by atoms with E-state index in [-0.39, 0.29) is 22.0 Å². The first kappa shape index (κ1) is 16.2. The first-order valence-electron chi connectivity index (χ1n) is 6.56. The van der Waals surface area contributed by atoms with Gasteiger partial charge in [0.1, 0.15) is 4.90 Å². The van der Waals surface area contributed by atoms with E-state index in [1.165, 1.54) is 10.4 Å². The third kappa shape index (κ3) is 3.04. The van der Waals surface area contributed by atoms with Gasteiger partial charge >= 0.3 is 0 Å². The summed E-state index contributed by atoms with van der Waals surface area (Å²) in [7, 11) is -3.62. The Labute approximate surface area is 133 Å². The van der Waals surface area contributed by atoms with E-state index < -0.39 is 10.0 Å². The Balaban J connectivity index is 2.47. The molecule has 0 radical (unpaired) electrons. The number of hydrogen-bond acceptors (Lipinski definition) is 3. The van der Waals surface area contributed by atoms with Crippen molar-refractivity contribution in [2.75, 3.05) is 6.54 Å². The van der Waals surface area contributed by atoms with Crippen LogP contribution >= 0.6 is 27.5 Å². The number of hydrogen-bond donors (Lipinski definition) is 1. The summed E-state index contributed by atoms with van der Waals surface area (Å²) in [4.78, 5) is 0.148. The lowest BCUT2D eigenvalue weighted by molar-refractivity contribution is 0.196. The van der Waals surface area contributed by atoms with Crippen molar-refractivity contribution in [2.24, 2.45) is 5.73 Å². The maximum absolute atomic E-state index is 12.9. The van der Waals surface area contributed by atoms with Crippen LogP contribution in [0, 0.1) is 0 Å². The molecule has 0 spiro atoms. The van der Waals surface area contributed by atoms with Gasteiger partial charge in [0.15, 0.2) is 0 Å². The maximum atomic E-state index is 12.9. The quantitative estimate of drug-likeness (QED) is 0.875. The molecule has 1 heterocycles. The highest BCUT2D eigenvalue weighted by molar-refractivity contribution is 9.10. The average Bonchev–Trinajstić information content (AvgIpc) is 2.37. The topological polar surface area (TPSA) is 63.4 Å². The Morgan fingerprint density at radius 2 is 2.15 bits per heavy atom. The highest BCUT2D eigenvalue weighted by Gasteiger charge is 2.38. The zero-order chi connectivity index (χ0) is 14.9. The molecule has 2 unspecified atom stereocenters. The van der Waals surface area contributed by atoms with Crippen molar-refractivity contribution < 1.29 is 8.42 Å². The molecule has 1 aliphatic heterocycles. The van der Waals surface area contributed by atoms with Gasteiger partial charge in [0, 0.05) is 23.1 Å². The van der Waals surface area contributed by atoms with Crippen LogP contribution in [-0.4, -0.2) is 31.4 Å². The predicted molar refractivity (Wildman–Crippen MR) is 84.3 cm³/mol. The molecule has 1 aliphatic rings. The van der Waals surface area contributed by atoms with Crippen molar-refractivity contribution in [2.45, 2.75) is 43.2 Å². The molecular formula is C13H18BrClN2O2S. The van der Waals surface area contributed by atoms with Gasteiger partial charge in [-0.05, 0) is 38.0 Å². The second kappa shape index (κ2) is 6.32. The molecule has 2 rings (SSSR count). The molecule has 112 valence electrons. The van der Waals surface area contributed by atoms with Crippen LogP contribution < -0.4 is 5.73 Å². The van der Waals surface area contributed by atoms with Gasteiger partial charge in [-0.15, -0.1) is 0 Å². The summed E-state index contributed by atoms with van der Waals surface area (Å²) >= 11 is 9.39. The maximum Gasteiger partial charge on any atom is 0.245 e. The molecule has 1 saturated heterocycles. The molecule has 2 N–H and O–H groups in total. The van der Waals surface area contributed by atoms with Crippen LogP contribution in [0.2, 0.25) is 5.02 Å². The zero-order valence-corrected chi connectivity index (χ0v) is 14.4. The molecular weight excluding hydrogens is 364 g/mol. The molecule has 4 nitrogen and oxygen atoms in total. The Hall–Kier alpha value is -0.140. The van der Waals surface area contributed by atoms with Crippen LogP contribution in [0.4, 0.5) is 0 Å². The summed E-state index contributed by atoms with van der Waals surface area (Å²) in [5.74, 6) is 0. The summed E-state index contributed by atoms with van der Waals surface area (Å²) in [5, 5.41) is 0.230. The molecule has 0 aliphatic carbocycles. The lowest BCUT2D eigenvalue weighted by Crippen LogP contribution is -2.51. The Morgan fingerprint density at radius 3 is 2.75 bits per heavy atom. The fourth-order valence-corrected chi connectivity index (χ4v) is 5.62. The molecule has 0 bridgehead atoms. The monoisotopic (exact) mass is 380 g/mol.